The van der Waals surface area contributed by atoms with Gasteiger partial charge < -0.3 is 9.84 Å². The summed E-state index contributed by atoms with van der Waals surface area (Å²) in [6, 6.07) is 7.73. The fourth-order valence-electron chi connectivity index (χ4n) is 2.85. The van der Waals surface area contributed by atoms with Gasteiger partial charge in [-0.15, -0.1) is 0 Å². The molecule has 1 atom stereocenters. The molecule has 0 radical (unpaired) electrons. The molecule has 6 nitrogen and oxygen atoms in total. The smallest absolute Gasteiger partial charge is 0.349 e. The van der Waals surface area contributed by atoms with Gasteiger partial charge in [-0.25, -0.2) is 22.0 Å². The number of rotatable bonds is 6. The largest absolute Gasteiger partial charge is 0.478 e. The van der Waals surface area contributed by atoms with Crippen LogP contribution in [0.3, 0.4) is 0 Å². The van der Waals surface area contributed by atoms with Gasteiger partial charge in [-0.2, -0.15) is 4.31 Å². The molecule has 1 heterocycles. The van der Waals surface area contributed by atoms with Gasteiger partial charge in [0.15, 0.2) is 11.6 Å². The van der Waals surface area contributed by atoms with Crippen molar-refractivity contribution in [2.24, 2.45) is 0 Å². The Morgan fingerprint density at radius 1 is 1.07 bits per heavy atom. The Kier molecular flexibility index (Phi) is 5.43. The predicted molar refractivity (Wildman–Crippen MR) is 91.8 cm³/mol. The Balaban J connectivity index is 1.85. The highest BCUT2D eigenvalue weighted by molar-refractivity contribution is 7.89. The summed E-state index contributed by atoms with van der Waals surface area (Å²) < 4.78 is 58.3. The summed E-state index contributed by atoms with van der Waals surface area (Å²) in [7, 11) is -3.63. The molecular weight excluding hydrogens is 380 g/mol. The molecule has 0 saturated carbocycles. The van der Waals surface area contributed by atoms with Crippen LogP contribution in [0.4, 0.5) is 8.78 Å². The number of benzene rings is 2. The molecule has 27 heavy (non-hydrogen) atoms. The third-order valence-electron chi connectivity index (χ3n) is 4.25. The van der Waals surface area contributed by atoms with Crippen LogP contribution in [-0.2, 0) is 14.8 Å². The van der Waals surface area contributed by atoms with Gasteiger partial charge >= 0.3 is 5.97 Å². The topological polar surface area (TPSA) is 83.9 Å². The standard InChI is InChI=1S/C18H17F2NO5S/c19-13-5-8-16(15(20)11-13)26-17(18(22)23)12-3-6-14(7-4-12)27(24,25)21-9-1-2-10-21/h3-8,11,17H,1-2,9-10H2,(H,22,23). The van der Waals surface area contributed by atoms with Gasteiger partial charge in [0.05, 0.1) is 4.90 Å². The Morgan fingerprint density at radius 3 is 2.26 bits per heavy atom. The minimum absolute atomic E-state index is 0.0465. The van der Waals surface area contributed by atoms with Crippen molar-refractivity contribution in [3.63, 3.8) is 0 Å². The minimum Gasteiger partial charge on any atom is -0.478 e. The Labute approximate surface area is 155 Å². The van der Waals surface area contributed by atoms with Crippen molar-refractivity contribution >= 4 is 16.0 Å². The van der Waals surface area contributed by atoms with Gasteiger partial charge in [0.2, 0.25) is 16.1 Å². The first kappa shape index (κ1) is 19.2. The van der Waals surface area contributed by atoms with Crippen LogP contribution in [0.25, 0.3) is 0 Å². The molecule has 144 valence electrons. The number of nitrogens with zero attached hydrogens (tertiary/aromatic N) is 1. The van der Waals surface area contributed by atoms with Crippen molar-refractivity contribution in [2.75, 3.05) is 13.1 Å². The second-order valence-corrected chi connectivity index (χ2v) is 8.03. The first-order valence-electron chi connectivity index (χ1n) is 8.23. The van der Waals surface area contributed by atoms with Gasteiger partial charge in [-0.3, -0.25) is 0 Å². The summed E-state index contributed by atoms with van der Waals surface area (Å²) >= 11 is 0. The average molecular weight is 397 g/mol. The lowest BCUT2D eigenvalue weighted by Gasteiger charge is -2.18. The zero-order valence-electron chi connectivity index (χ0n) is 14.1. The maximum atomic E-state index is 13.7. The summed E-state index contributed by atoms with van der Waals surface area (Å²) in [5.41, 5.74) is 0.131. The van der Waals surface area contributed by atoms with Gasteiger partial charge in [-0.1, -0.05) is 12.1 Å². The number of carbonyl (C=O) groups is 1. The molecule has 1 aliphatic rings. The minimum atomic E-state index is -3.63. The van der Waals surface area contributed by atoms with E-state index in [1.807, 2.05) is 0 Å². The molecule has 1 N–H and O–H groups in total. The second kappa shape index (κ2) is 7.61. The molecule has 0 spiro atoms. The van der Waals surface area contributed by atoms with E-state index < -0.39 is 39.5 Å². The monoisotopic (exact) mass is 397 g/mol. The number of sulfonamides is 1. The molecule has 1 aliphatic heterocycles. The maximum Gasteiger partial charge on any atom is 0.349 e. The summed E-state index contributed by atoms with van der Waals surface area (Å²) in [6.07, 6.45) is 0.0267. The maximum absolute atomic E-state index is 13.7. The van der Waals surface area contributed by atoms with E-state index in [1.165, 1.54) is 28.6 Å². The van der Waals surface area contributed by atoms with Crippen molar-refractivity contribution in [1.29, 1.82) is 0 Å². The average Bonchev–Trinajstić information content (AvgIpc) is 3.16. The molecule has 0 amide bonds. The lowest BCUT2D eigenvalue weighted by Crippen LogP contribution is -2.28. The summed E-state index contributed by atoms with van der Waals surface area (Å²) in [4.78, 5) is 11.6. The van der Waals surface area contributed by atoms with Crippen molar-refractivity contribution < 1.29 is 31.8 Å². The fraction of sp³-hybridized carbons (Fsp3) is 0.278. The highest BCUT2D eigenvalue weighted by atomic mass is 32.2. The molecule has 3 rings (SSSR count). The first-order valence-corrected chi connectivity index (χ1v) is 9.67. The van der Waals surface area contributed by atoms with E-state index in [2.05, 4.69) is 0 Å². The van der Waals surface area contributed by atoms with Gasteiger partial charge in [0.25, 0.3) is 0 Å². The molecule has 1 saturated heterocycles. The SMILES string of the molecule is O=C(O)C(Oc1ccc(F)cc1F)c1ccc(S(=O)(=O)N2CCCC2)cc1. The van der Waals surface area contributed by atoms with E-state index in [4.69, 9.17) is 4.74 Å². The molecule has 2 aromatic rings. The number of ether oxygens (including phenoxy) is 1. The summed E-state index contributed by atoms with van der Waals surface area (Å²) in [6.45, 7) is 0.906. The highest BCUT2D eigenvalue weighted by Gasteiger charge is 2.28. The van der Waals surface area contributed by atoms with Crippen molar-refractivity contribution in [3.8, 4) is 5.75 Å². The third-order valence-corrected chi connectivity index (χ3v) is 6.16. The van der Waals surface area contributed by atoms with Crippen LogP contribution in [0.15, 0.2) is 47.4 Å². The lowest BCUT2D eigenvalue weighted by molar-refractivity contribution is -0.145. The second-order valence-electron chi connectivity index (χ2n) is 6.09. The molecule has 2 aromatic carbocycles. The Bertz CT molecular complexity index is 941. The number of hydrogen-bond acceptors (Lipinski definition) is 4. The van der Waals surface area contributed by atoms with Crippen LogP contribution in [0.2, 0.25) is 0 Å². The van der Waals surface area contributed by atoms with Gasteiger partial charge in [0, 0.05) is 24.7 Å². The van der Waals surface area contributed by atoms with Crippen molar-refractivity contribution in [3.05, 3.63) is 59.7 Å². The van der Waals surface area contributed by atoms with Gasteiger partial charge in [-0.05, 0) is 37.1 Å². The van der Waals surface area contributed by atoms with E-state index in [9.17, 15) is 27.1 Å². The number of hydrogen-bond donors (Lipinski definition) is 1. The quantitative estimate of drug-likeness (QED) is 0.810. The van der Waals surface area contributed by atoms with Crippen LogP contribution in [0.1, 0.15) is 24.5 Å². The lowest BCUT2D eigenvalue weighted by atomic mass is 10.1. The zero-order chi connectivity index (χ0) is 19.6. The van der Waals surface area contributed by atoms with Crippen molar-refractivity contribution in [2.45, 2.75) is 23.8 Å². The first-order chi connectivity index (χ1) is 12.8. The van der Waals surface area contributed by atoms with E-state index in [1.54, 1.807) is 0 Å². The van der Waals surface area contributed by atoms with E-state index in [0.29, 0.717) is 19.2 Å². The molecule has 0 aliphatic carbocycles. The number of carboxylic acids is 1. The highest BCUT2D eigenvalue weighted by Crippen LogP contribution is 2.27. The fourth-order valence-corrected chi connectivity index (χ4v) is 4.37. The van der Waals surface area contributed by atoms with Crippen LogP contribution >= 0.6 is 0 Å². The molecular formula is C18H17F2NO5S. The number of halogens is 2. The predicted octanol–water partition coefficient (Wildman–Crippen LogP) is 2.95. The van der Waals surface area contributed by atoms with Crippen molar-refractivity contribution in [1.82, 2.24) is 4.31 Å². The zero-order valence-corrected chi connectivity index (χ0v) is 15.0. The van der Waals surface area contributed by atoms with E-state index >= 15 is 0 Å². The molecule has 1 unspecified atom stereocenters. The molecule has 9 heteroatoms. The Morgan fingerprint density at radius 2 is 1.70 bits per heavy atom. The summed E-state index contributed by atoms with van der Waals surface area (Å²) in [5, 5.41) is 9.39. The number of carboxylic acid groups (broad SMARTS) is 1. The third kappa shape index (κ3) is 4.09. The van der Waals surface area contributed by atoms with Gasteiger partial charge in [0.1, 0.15) is 5.82 Å². The van der Waals surface area contributed by atoms with Crippen LogP contribution in [0.5, 0.6) is 5.75 Å². The molecule has 1 fully saturated rings. The van der Waals surface area contributed by atoms with Crippen LogP contribution in [0, 0.1) is 11.6 Å². The normalized spacial score (nSPS) is 16.2. The number of aliphatic carboxylic acids is 1. The van der Waals surface area contributed by atoms with E-state index in [0.717, 1.165) is 25.0 Å². The molecule has 0 bridgehead atoms. The molecule has 0 aromatic heterocycles. The van der Waals surface area contributed by atoms with Crippen LogP contribution < -0.4 is 4.74 Å². The summed E-state index contributed by atoms with van der Waals surface area (Å²) in [5.74, 6) is -3.66. The van der Waals surface area contributed by atoms with Crippen LogP contribution in [-0.4, -0.2) is 36.9 Å². The van der Waals surface area contributed by atoms with E-state index in [-0.39, 0.29) is 10.5 Å². The Hall–Kier alpha value is -2.52.